The van der Waals surface area contributed by atoms with Crippen LogP contribution in [0.3, 0.4) is 0 Å². The van der Waals surface area contributed by atoms with E-state index in [1.165, 1.54) is 0 Å². The summed E-state index contributed by atoms with van der Waals surface area (Å²) in [5, 5.41) is 0. The van der Waals surface area contributed by atoms with Crippen molar-refractivity contribution in [1.82, 2.24) is 0 Å². The first-order valence-corrected chi connectivity index (χ1v) is 3.40. The van der Waals surface area contributed by atoms with Crippen LogP contribution in [-0.2, 0) is 0 Å². The Morgan fingerprint density at radius 3 is 0.625 bits per heavy atom. The van der Waals surface area contributed by atoms with Gasteiger partial charge in [0, 0.05) is 0 Å². The Hall–Kier alpha value is 0.719. The Morgan fingerprint density at radius 1 is 0.625 bits per heavy atom. The molecular weight excluding hydrogens is 349 g/mol. The summed E-state index contributed by atoms with van der Waals surface area (Å²) < 4.78 is 59.3. The quantitative estimate of drug-likeness (QED) is 0.355. The molecule has 2 radical (unpaired) electrons. The molecular formula is F6PbSi. The van der Waals surface area contributed by atoms with Gasteiger partial charge >= 0.3 is 60.6 Å². The van der Waals surface area contributed by atoms with Gasteiger partial charge in [-0.05, 0) is 0 Å². The molecule has 0 unspecified atom stereocenters. The van der Waals surface area contributed by atoms with E-state index in [9.17, 15) is 24.6 Å². The smallest absolute Gasteiger partial charge is 2.00 e. The summed E-state index contributed by atoms with van der Waals surface area (Å²) in [6.07, 6.45) is 0. The van der Waals surface area contributed by atoms with Crippen LogP contribution in [0.4, 0.5) is 24.6 Å². The third-order valence-corrected chi connectivity index (χ3v) is 0. The molecule has 0 saturated heterocycles. The van der Waals surface area contributed by atoms with E-state index in [4.69, 9.17) is 0 Å². The topological polar surface area (TPSA) is 0 Å². The molecule has 0 aliphatic carbocycles. The second kappa shape index (κ2) is 1.41. The van der Waals surface area contributed by atoms with E-state index in [0.717, 1.165) is 0 Å². The minimum atomic E-state index is -10.8. The molecule has 0 bridgehead atoms. The molecule has 0 aromatic carbocycles. The van der Waals surface area contributed by atoms with Gasteiger partial charge in [-0.3, -0.25) is 0 Å². The zero-order valence-corrected chi connectivity index (χ0v) is 8.16. The molecule has 0 aliphatic heterocycles. The van der Waals surface area contributed by atoms with E-state index in [2.05, 4.69) is 0 Å². The van der Waals surface area contributed by atoms with Crippen molar-refractivity contribution >= 4 is 35.9 Å². The van der Waals surface area contributed by atoms with Crippen LogP contribution >= 0.6 is 0 Å². The Balaban J connectivity index is 0. The Kier molecular flexibility index (Phi) is 2.03. The second-order valence-corrected chi connectivity index (χ2v) is 3.21. The fourth-order valence-electron chi connectivity index (χ4n) is 0. The fraction of sp³-hybridized carbons (Fsp3) is 0. The van der Waals surface area contributed by atoms with Crippen LogP contribution in [-0.4, -0.2) is 35.9 Å². The molecule has 0 aliphatic rings. The molecule has 8 heteroatoms. The zero-order chi connectivity index (χ0) is 6.41. The minimum absolute atomic E-state index is 0. The first-order chi connectivity index (χ1) is 2.45. The van der Waals surface area contributed by atoms with Gasteiger partial charge in [-0.25, -0.2) is 0 Å². The van der Waals surface area contributed by atoms with Crippen LogP contribution in [0.1, 0.15) is 0 Å². The Labute approximate surface area is 60.9 Å². The average molecular weight is 349 g/mol. The normalized spacial score (nSPS) is 20.2. The molecule has 0 amide bonds. The van der Waals surface area contributed by atoms with Gasteiger partial charge in [0.15, 0.2) is 0 Å². The van der Waals surface area contributed by atoms with Gasteiger partial charge in [0.25, 0.3) is 0 Å². The third kappa shape index (κ3) is 425. The summed E-state index contributed by atoms with van der Waals surface area (Å²) in [5.41, 5.74) is 0. The van der Waals surface area contributed by atoms with Crippen LogP contribution in [0.25, 0.3) is 0 Å². The largest absolute Gasteiger partial charge is 2.00 e. The number of halogens is 6. The standard InChI is InChI=1S/F6Si.Pb/c1-7(2,3,4,5)6;/q-2;+2. The van der Waals surface area contributed by atoms with Crippen LogP contribution in [0.15, 0.2) is 0 Å². The van der Waals surface area contributed by atoms with Gasteiger partial charge in [0.1, 0.15) is 0 Å². The predicted octanol–water partition coefficient (Wildman–Crippen LogP) is 1.76. The van der Waals surface area contributed by atoms with Gasteiger partial charge in [-0.1, -0.05) is 0 Å². The van der Waals surface area contributed by atoms with Crippen molar-refractivity contribution in [2.24, 2.45) is 0 Å². The maximum atomic E-state index is 9.88. The maximum absolute atomic E-state index is 10.8. The van der Waals surface area contributed by atoms with E-state index in [1.807, 2.05) is 0 Å². The average Bonchev–Trinajstić information content (AvgIpc) is 0.592. The summed E-state index contributed by atoms with van der Waals surface area (Å²) >= 11 is 0. The van der Waals surface area contributed by atoms with Crippen LogP contribution in [0.2, 0.25) is 0 Å². The van der Waals surface area contributed by atoms with Crippen molar-refractivity contribution in [2.75, 3.05) is 0 Å². The van der Waals surface area contributed by atoms with Crippen LogP contribution in [0, 0.1) is 0 Å². The monoisotopic (exact) mass is 350 g/mol. The Bertz CT molecular complexity index is 67.1. The first kappa shape index (κ1) is 11.5. The van der Waals surface area contributed by atoms with Crippen molar-refractivity contribution in [3.05, 3.63) is 0 Å². The van der Waals surface area contributed by atoms with Crippen molar-refractivity contribution < 1.29 is 24.6 Å². The fourth-order valence-corrected chi connectivity index (χ4v) is 0. The molecule has 0 heterocycles. The molecule has 0 N–H and O–H groups in total. The van der Waals surface area contributed by atoms with Gasteiger partial charge in [-0.15, -0.1) is 0 Å². The van der Waals surface area contributed by atoms with Gasteiger partial charge in [0.05, 0.1) is 0 Å². The molecule has 0 spiro atoms. The van der Waals surface area contributed by atoms with Gasteiger partial charge < -0.3 is 0 Å². The van der Waals surface area contributed by atoms with E-state index >= 15 is 0 Å². The van der Waals surface area contributed by atoms with E-state index in [0.29, 0.717) is 0 Å². The van der Waals surface area contributed by atoms with Crippen LogP contribution in [0.5, 0.6) is 0 Å². The van der Waals surface area contributed by atoms with Crippen molar-refractivity contribution in [1.29, 1.82) is 0 Å². The number of rotatable bonds is 0. The van der Waals surface area contributed by atoms with Crippen LogP contribution < -0.4 is 0 Å². The summed E-state index contributed by atoms with van der Waals surface area (Å²) in [4.78, 5) is 0. The van der Waals surface area contributed by atoms with Gasteiger partial charge in [0.2, 0.25) is 0 Å². The summed E-state index contributed by atoms with van der Waals surface area (Å²) in [6, 6.07) is 0. The molecule has 0 fully saturated rings. The first-order valence-electron chi connectivity index (χ1n) is 1.13. The number of hydrogen-bond donors (Lipinski definition) is 0. The van der Waals surface area contributed by atoms with Gasteiger partial charge in [-0.2, -0.15) is 0 Å². The number of hydrogen-bond acceptors (Lipinski definition) is 0. The zero-order valence-electron chi connectivity index (χ0n) is 3.27. The SMILES string of the molecule is F[Si-2](F)(F)(F)(F)F.[Pb+2]. The molecule has 0 saturated carbocycles. The Morgan fingerprint density at radius 2 is 0.625 bits per heavy atom. The molecule has 0 aromatic heterocycles. The second-order valence-electron chi connectivity index (χ2n) is 1.07. The van der Waals surface area contributed by atoms with E-state index in [1.54, 1.807) is 0 Å². The summed E-state index contributed by atoms with van der Waals surface area (Å²) in [5.74, 6) is 0. The minimum Gasteiger partial charge on any atom is 2.00 e. The van der Waals surface area contributed by atoms with Crippen molar-refractivity contribution in [2.45, 2.75) is 0 Å². The molecule has 50 valence electrons. The molecule has 8 heavy (non-hydrogen) atoms. The maximum Gasteiger partial charge on any atom is 2.00 e. The third-order valence-electron chi connectivity index (χ3n) is 0. The van der Waals surface area contributed by atoms with E-state index in [-0.39, 0.29) is 27.3 Å². The molecule has 0 aromatic rings. The van der Waals surface area contributed by atoms with E-state index < -0.39 is 8.63 Å². The summed E-state index contributed by atoms with van der Waals surface area (Å²) in [6.45, 7) is 0. The molecule has 0 atom stereocenters. The van der Waals surface area contributed by atoms with Crippen molar-refractivity contribution in [3.8, 4) is 0 Å². The molecule has 0 nitrogen and oxygen atoms in total. The van der Waals surface area contributed by atoms with Crippen molar-refractivity contribution in [3.63, 3.8) is 0 Å². The predicted molar refractivity (Wildman–Crippen MR) is 18.2 cm³/mol. The molecule has 0 rings (SSSR count). The summed E-state index contributed by atoms with van der Waals surface area (Å²) in [7, 11) is -10.8.